The zero-order chi connectivity index (χ0) is 11.0. The molecule has 3 rings (SSSR count). The first kappa shape index (κ1) is 9.84. The molecule has 80 valence electrons. The van der Waals surface area contributed by atoms with Crippen LogP contribution < -0.4 is 0 Å². The Kier molecular flexibility index (Phi) is 2.40. The average molecular weight is 277 g/mol. The Hall–Kier alpha value is -1.36. The van der Waals surface area contributed by atoms with Crippen LogP contribution in [0, 0.1) is 0 Å². The maximum atomic E-state index is 4.54. The summed E-state index contributed by atoms with van der Waals surface area (Å²) in [6, 6.07) is 1.89. The molecular weight excluding hydrogens is 268 g/mol. The standard InChI is InChI=1S/C11H9BrN4/c12-10-3-9(8-4-13-6-14-5-8)15-11(16-10)7-1-2-7/h3-7H,1-2H2. The molecule has 1 aliphatic rings. The number of hydrogen-bond donors (Lipinski definition) is 0. The van der Waals surface area contributed by atoms with Gasteiger partial charge in [-0.05, 0) is 34.8 Å². The predicted molar refractivity (Wildman–Crippen MR) is 62.7 cm³/mol. The van der Waals surface area contributed by atoms with Gasteiger partial charge in [0, 0.05) is 23.9 Å². The van der Waals surface area contributed by atoms with Gasteiger partial charge in [0.05, 0.1) is 5.69 Å². The van der Waals surface area contributed by atoms with E-state index in [4.69, 9.17) is 0 Å². The Morgan fingerprint density at radius 2 is 1.88 bits per heavy atom. The van der Waals surface area contributed by atoms with Gasteiger partial charge in [0.1, 0.15) is 16.8 Å². The summed E-state index contributed by atoms with van der Waals surface area (Å²) in [6.07, 6.45) is 7.43. The molecule has 2 aromatic heterocycles. The molecule has 2 aromatic rings. The third kappa shape index (κ3) is 1.95. The Labute approximate surface area is 101 Å². The minimum atomic E-state index is 0.542. The van der Waals surface area contributed by atoms with Gasteiger partial charge in [-0.1, -0.05) is 0 Å². The van der Waals surface area contributed by atoms with Crippen molar-refractivity contribution in [3.05, 3.63) is 35.2 Å². The summed E-state index contributed by atoms with van der Waals surface area (Å²) in [5, 5.41) is 0. The Balaban J connectivity index is 2.06. The van der Waals surface area contributed by atoms with Gasteiger partial charge in [0.15, 0.2) is 0 Å². The highest BCUT2D eigenvalue weighted by Gasteiger charge is 2.27. The first-order valence-corrected chi connectivity index (χ1v) is 5.92. The molecular formula is C11H9BrN4. The molecule has 0 aliphatic heterocycles. The van der Waals surface area contributed by atoms with E-state index >= 15 is 0 Å². The number of aromatic nitrogens is 4. The summed E-state index contributed by atoms with van der Waals surface area (Å²) in [7, 11) is 0. The topological polar surface area (TPSA) is 51.6 Å². The number of halogens is 1. The third-order valence-electron chi connectivity index (χ3n) is 2.51. The fourth-order valence-electron chi connectivity index (χ4n) is 1.54. The molecule has 0 amide bonds. The lowest BCUT2D eigenvalue weighted by Gasteiger charge is -2.03. The van der Waals surface area contributed by atoms with Crippen LogP contribution in [0.25, 0.3) is 11.3 Å². The molecule has 0 bridgehead atoms. The molecule has 1 saturated carbocycles. The van der Waals surface area contributed by atoms with E-state index in [-0.39, 0.29) is 0 Å². The smallest absolute Gasteiger partial charge is 0.133 e. The van der Waals surface area contributed by atoms with E-state index in [1.54, 1.807) is 12.4 Å². The van der Waals surface area contributed by atoms with Gasteiger partial charge in [0.25, 0.3) is 0 Å². The van der Waals surface area contributed by atoms with Gasteiger partial charge < -0.3 is 0 Å². The first-order valence-electron chi connectivity index (χ1n) is 5.13. The van der Waals surface area contributed by atoms with Crippen LogP contribution in [0.15, 0.2) is 29.4 Å². The van der Waals surface area contributed by atoms with E-state index in [9.17, 15) is 0 Å². The monoisotopic (exact) mass is 276 g/mol. The second-order valence-electron chi connectivity index (χ2n) is 3.84. The summed E-state index contributed by atoms with van der Waals surface area (Å²) in [5.74, 6) is 1.47. The highest BCUT2D eigenvalue weighted by atomic mass is 79.9. The largest absolute Gasteiger partial charge is 0.244 e. The Bertz CT molecular complexity index is 511. The normalized spacial score (nSPS) is 15.1. The van der Waals surface area contributed by atoms with E-state index in [2.05, 4.69) is 35.9 Å². The SMILES string of the molecule is Brc1cc(-c2cncnc2)nc(C2CC2)n1. The van der Waals surface area contributed by atoms with Crippen molar-refractivity contribution in [2.75, 3.05) is 0 Å². The zero-order valence-corrected chi connectivity index (χ0v) is 10.1. The lowest BCUT2D eigenvalue weighted by molar-refractivity contribution is 0.918. The van der Waals surface area contributed by atoms with Crippen molar-refractivity contribution < 1.29 is 0 Å². The van der Waals surface area contributed by atoms with Gasteiger partial charge in [0.2, 0.25) is 0 Å². The number of nitrogens with zero attached hydrogens (tertiary/aromatic N) is 4. The summed E-state index contributed by atoms with van der Waals surface area (Å²) >= 11 is 3.41. The lowest BCUT2D eigenvalue weighted by Crippen LogP contribution is -1.96. The Morgan fingerprint density at radius 3 is 2.56 bits per heavy atom. The molecule has 0 N–H and O–H groups in total. The van der Waals surface area contributed by atoms with Crippen molar-refractivity contribution in [3.8, 4) is 11.3 Å². The van der Waals surface area contributed by atoms with Crippen molar-refractivity contribution in [1.29, 1.82) is 0 Å². The minimum absolute atomic E-state index is 0.542. The van der Waals surface area contributed by atoms with Crippen LogP contribution in [-0.2, 0) is 0 Å². The van der Waals surface area contributed by atoms with E-state index < -0.39 is 0 Å². The van der Waals surface area contributed by atoms with Gasteiger partial charge in [-0.25, -0.2) is 19.9 Å². The highest BCUT2D eigenvalue weighted by Crippen LogP contribution is 2.39. The number of rotatable bonds is 2. The predicted octanol–water partition coefficient (Wildman–Crippen LogP) is 2.57. The van der Waals surface area contributed by atoms with Crippen molar-refractivity contribution in [3.63, 3.8) is 0 Å². The molecule has 1 aliphatic carbocycles. The molecule has 5 heteroatoms. The van der Waals surface area contributed by atoms with Crippen molar-refractivity contribution in [1.82, 2.24) is 19.9 Å². The summed E-state index contributed by atoms with van der Waals surface area (Å²) in [5.41, 5.74) is 1.80. The van der Waals surface area contributed by atoms with Gasteiger partial charge in [-0.2, -0.15) is 0 Å². The number of hydrogen-bond acceptors (Lipinski definition) is 4. The molecule has 16 heavy (non-hydrogen) atoms. The molecule has 0 saturated heterocycles. The summed E-state index contributed by atoms with van der Waals surface area (Å²) < 4.78 is 0.822. The van der Waals surface area contributed by atoms with E-state index in [1.165, 1.54) is 19.2 Å². The van der Waals surface area contributed by atoms with Crippen molar-refractivity contribution >= 4 is 15.9 Å². The van der Waals surface area contributed by atoms with Gasteiger partial charge in [-0.3, -0.25) is 0 Å². The van der Waals surface area contributed by atoms with Crippen LogP contribution >= 0.6 is 15.9 Å². The van der Waals surface area contributed by atoms with Crippen LogP contribution in [0.4, 0.5) is 0 Å². The molecule has 0 unspecified atom stereocenters. The Morgan fingerprint density at radius 1 is 1.12 bits per heavy atom. The lowest BCUT2D eigenvalue weighted by atomic mass is 10.2. The van der Waals surface area contributed by atoms with Gasteiger partial charge >= 0.3 is 0 Å². The molecule has 0 atom stereocenters. The highest BCUT2D eigenvalue weighted by molar-refractivity contribution is 9.10. The van der Waals surface area contributed by atoms with Crippen molar-refractivity contribution in [2.45, 2.75) is 18.8 Å². The van der Waals surface area contributed by atoms with Crippen LogP contribution in [0.1, 0.15) is 24.6 Å². The second-order valence-corrected chi connectivity index (χ2v) is 4.65. The van der Waals surface area contributed by atoms with Crippen LogP contribution in [0.3, 0.4) is 0 Å². The van der Waals surface area contributed by atoms with E-state index in [1.807, 2.05) is 6.07 Å². The quantitative estimate of drug-likeness (QED) is 0.792. The maximum Gasteiger partial charge on any atom is 0.133 e. The summed E-state index contributed by atoms with van der Waals surface area (Å²) in [4.78, 5) is 16.9. The minimum Gasteiger partial charge on any atom is -0.244 e. The van der Waals surface area contributed by atoms with Crippen LogP contribution in [0.5, 0.6) is 0 Å². The fraction of sp³-hybridized carbons (Fsp3) is 0.273. The van der Waals surface area contributed by atoms with Crippen LogP contribution in [0.2, 0.25) is 0 Å². The summed E-state index contributed by atoms with van der Waals surface area (Å²) in [6.45, 7) is 0. The molecule has 0 spiro atoms. The fourth-order valence-corrected chi connectivity index (χ4v) is 1.94. The third-order valence-corrected chi connectivity index (χ3v) is 2.92. The second kappa shape index (κ2) is 3.90. The molecule has 0 aromatic carbocycles. The first-order chi connectivity index (χ1) is 7.83. The molecule has 1 fully saturated rings. The van der Waals surface area contributed by atoms with E-state index in [0.717, 1.165) is 21.7 Å². The zero-order valence-electron chi connectivity index (χ0n) is 8.47. The van der Waals surface area contributed by atoms with Crippen LogP contribution in [-0.4, -0.2) is 19.9 Å². The maximum absolute atomic E-state index is 4.54. The molecule has 4 nitrogen and oxygen atoms in total. The molecule has 0 radical (unpaired) electrons. The van der Waals surface area contributed by atoms with Gasteiger partial charge in [-0.15, -0.1) is 0 Å². The molecule has 2 heterocycles. The van der Waals surface area contributed by atoms with E-state index in [0.29, 0.717) is 5.92 Å². The van der Waals surface area contributed by atoms with Crippen molar-refractivity contribution in [2.24, 2.45) is 0 Å². The average Bonchev–Trinajstić information content (AvgIpc) is 3.13.